The van der Waals surface area contributed by atoms with Crippen molar-refractivity contribution in [2.24, 2.45) is 0 Å². The maximum absolute atomic E-state index is 12.4. The van der Waals surface area contributed by atoms with E-state index in [-0.39, 0.29) is 18.2 Å². The van der Waals surface area contributed by atoms with E-state index in [1.807, 2.05) is 59.3 Å². The van der Waals surface area contributed by atoms with Gasteiger partial charge in [-0.3, -0.25) is 9.59 Å². The largest absolute Gasteiger partial charge is 0.326 e. The molecule has 6 nitrogen and oxygen atoms in total. The first kappa shape index (κ1) is 16.4. The molecule has 0 fully saturated rings. The lowest BCUT2D eigenvalue weighted by molar-refractivity contribution is -0.120. The van der Waals surface area contributed by atoms with Gasteiger partial charge in [-0.2, -0.15) is 0 Å². The second-order valence-electron chi connectivity index (χ2n) is 5.86. The average Bonchev–Trinajstić information content (AvgIpc) is 3.17. The topological polar surface area (TPSA) is 76.0 Å². The van der Waals surface area contributed by atoms with Gasteiger partial charge in [-0.05, 0) is 30.3 Å². The minimum atomic E-state index is -0.443. The second kappa shape index (κ2) is 7.05. The Hall–Kier alpha value is -3.06. The minimum Gasteiger partial charge on any atom is -0.326 e. The van der Waals surface area contributed by atoms with Gasteiger partial charge in [-0.15, -0.1) is 11.8 Å². The van der Waals surface area contributed by atoms with E-state index in [0.717, 1.165) is 16.3 Å². The molecule has 2 amide bonds. The first-order valence-corrected chi connectivity index (χ1v) is 9.02. The quantitative estimate of drug-likeness (QED) is 0.745. The smallest absolute Gasteiger partial charge is 0.238 e. The summed E-state index contributed by atoms with van der Waals surface area (Å²) in [6.07, 6.45) is 5.34. The third-order valence-corrected chi connectivity index (χ3v) is 5.29. The van der Waals surface area contributed by atoms with Crippen LogP contribution in [0.4, 0.5) is 11.4 Å². The predicted molar refractivity (Wildman–Crippen MR) is 102 cm³/mol. The van der Waals surface area contributed by atoms with Crippen LogP contribution in [0.5, 0.6) is 0 Å². The van der Waals surface area contributed by atoms with E-state index >= 15 is 0 Å². The van der Waals surface area contributed by atoms with Crippen molar-refractivity contribution in [2.75, 3.05) is 10.6 Å². The number of nitrogens with one attached hydrogen (secondary N) is 2. The Morgan fingerprint density at radius 3 is 2.96 bits per heavy atom. The normalized spacial score (nSPS) is 15.8. The lowest BCUT2D eigenvalue weighted by Gasteiger charge is -2.23. The molecule has 1 atom stereocenters. The van der Waals surface area contributed by atoms with Crippen molar-refractivity contribution in [1.29, 1.82) is 0 Å². The summed E-state index contributed by atoms with van der Waals surface area (Å²) in [6, 6.07) is 15.1. The van der Waals surface area contributed by atoms with Gasteiger partial charge in [0.2, 0.25) is 11.8 Å². The number of hydrogen-bond donors (Lipinski definition) is 2. The van der Waals surface area contributed by atoms with Crippen molar-refractivity contribution in [3.8, 4) is 5.69 Å². The van der Waals surface area contributed by atoms with Crippen LogP contribution in [-0.2, 0) is 9.59 Å². The first-order chi connectivity index (χ1) is 12.7. The van der Waals surface area contributed by atoms with Crippen molar-refractivity contribution in [3.05, 3.63) is 67.3 Å². The third kappa shape index (κ3) is 3.48. The highest BCUT2D eigenvalue weighted by Gasteiger charge is 2.28. The highest BCUT2D eigenvalue weighted by molar-refractivity contribution is 8.01. The number of hydrogen-bond acceptors (Lipinski definition) is 4. The summed E-state index contributed by atoms with van der Waals surface area (Å²) in [6.45, 7) is 0. The van der Waals surface area contributed by atoms with Gasteiger partial charge in [-0.1, -0.05) is 18.2 Å². The van der Waals surface area contributed by atoms with Gasteiger partial charge in [0, 0.05) is 35.1 Å². The zero-order valence-electron chi connectivity index (χ0n) is 13.8. The molecule has 2 N–H and O–H groups in total. The van der Waals surface area contributed by atoms with Gasteiger partial charge >= 0.3 is 0 Å². The molecular formula is C19H16N4O2S. The average molecular weight is 364 g/mol. The Morgan fingerprint density at radius 2 is 2.12 bits per heavy atom. The number of carbonyl (C=O) groups is 2. The van der Waals surface area contributed by atoms with Gasteiger partial charge in [0.25, 0.3) is 0 Å². The predicted octanol–water partition coefficient (Wildman–Crippen LogP) is 3.31. The number of para-hydroxylation sites is 1. The molecule has 1 aliphatic rings. The number of imidazole rings is 1. The van der Waals surface area contributed by atoms with Gasteiger partial charge in [0.05, 0.1) is 17.3 Å². The van der Waals surface area contributed by atoms with Crippen LogP contribution in [0.3, 0.4) is 0 Å². The lowest BCUT2D eigenvalue weighted by Crippen LogP contribution is -2.32. The van der Waals surface area contributed by atoms with Gasteiger partial charge in [-0.25, -0.2) is 4.98 Å². The van der Waals surface area contributed by atoms with Crippen molar-refractivity contribution in [3.63, 3.8) is 0 Å². The van der Waals surface area contributed by atoms with Crippen LogP contribution in [0.2, 0.25) is 0 Å². The molecule has 2 aromatic carbocycles. The van der Waals surface area contributed by atoms with E-state index < -0.39 is 5.25 Å². The van der Waals surface area contributed by atoms with Crippen LogP contribution in [0.25, 0.3) is 5.69 Å². The number of amides is 2. The summed E-state index contributed by atoms with van der Waals surface area (Å²) in [4.78, 5) is 29.6. The number of aromatic nitrogens is 2. The number of carbonyl (C=O) groups excluding carboxylic acids is 2. The van der Waals surface area contributed by atoms with Gasteiger partial charge < -0.3 is 15.2 Å². The highest BCUT2D eigenvalue weighted by Crippen LogP contribution is 2.36. The Kier molecular flexibility index (Phi) is 4.45. The molecule has 2 heterocycles. The minimum absolute atomic E-state index is 0.111. The van der Waals surface area contributed by atoms with E-state index in [9.17, 15) is 9.59 Å². The molecule has 1 aliphatic heterocycles. The van der Waals surface area contributed by atoms with Crippen LogP contribution in [0, 0.1) is 0 Å². The molecular weight excluding hydrogens is 348 g/mol. The molecule has 0 bridgehead atoms. The molecule has 130 valence electrons. The van der Waals surface area contributed by atoms with Crippen molar-refractivity contribution >= 4 is 35.0 Å². The number of anilines is 2. The summed E-state index contributed by atoms with van der Waals surface area (Å²) in [5, 5.41) is 5.28. The van der Waals surface area contributed by atoms with Crippen LogP contribution in [0.15, 0.2) is 72.1 Å². The molecule has 3 aromatic rings. The Balaban J connectivity index is 1.43. The molecule has 26 heavy (non-hydrogen) atoms. The number of benzene rings is 2. The molecule has 0 saturated heterocycles. The van der Waals surface area contributed by atoms with Crippen LogP contribution in [-0.4, -0.2) is 26.6 Å². The molecule has 0 spiro atoms. The zero-order valence-corrected chi connectivity index (χ0v) is 14.6. The molecule has 1 unspecified atom stereocenters. The second-order valence-corrected chi connectivity index (χ2v) is 7.11. The maximum atomic E-state index is 12.4. The number of rotatable bonds is 4. The summed E-state index contributed by atoms with van der Waals surface area (Å²) < 4.78 is 1.86. The standard InChI is InChI=1S/C19H16N4O2S/c24-18(11-17-19(25)22-15-6-1-2-7-16(15)26-17)21-13-4-3-5-14(10-13)23-9-8-20-12-23/h1-10,12,17H,11H2,(H,21,24)(H,22,25). The van der Waals surface area contributed by atoms with E-state index in [2.05, 4.69) is 15.6 Å². The molecule has 4 rings (SSSR count). The fraction of sp³-hybridized carbons (Fsp3) is 0.105. The van der Waals surface area contributed by atoms with Crippen LogP contribution in [0.1, 0.15) is 6.42 Å². The van der Waals surface area contributed by atoms with E-state index in [1.54, 1.807) is 12.5 Å². The fourth-order valence-corrected chi connectivity index (χ4v) is 3.87. The summed E-state index contributed by atoms with van der Waals surface area (Å²) in [7, 11) is 0. The highest BCUT2D eigenvalue weighted by atomic mass is 32.2. The first-order valence-electron chi connectivity index (χ1n) is 8.14. The summed E-state index contributed by atoms with van der Waals surface area (Å²) in [5.74, 6) is -0.337. The summed E-state index contributed by atoms with van der Waals surface area (Å²) in [5.41, 5.74) is 2.38. The fourth-order valence-electron chi connectivity index (χ4n) is 2.76. The van der Waals surface area contributed by atoms with E-state index in [1.165, 1.54) is 11.8 Å². The van der Waals surface area contributed by atoms with Crippen LogP contribution >= 0.6 is 11.8 Å². The Labute approximate surface area is 154 Å². The molecule has 7 heteroatoms. The number of fused-ring (bicyclic) bond motifs is 1. The monoisotopic (exact) mass is 364 g/mol. The third-order valence-electron chi connectivity index (χ3n) is 4.01. The Morgan fingerprint density at radius 1 is 1.23 bits per heavy atom. The van der Waals surface area contributed by atoms with Crippen molar-refractivity contribution in [2.45, 2.75) is 16.6 Å². The lowest BCUT2D eigenvalue weighted by atomic mass is 10.2. The van der Waals surface area contributed by atoms with Crippen molar-refractivity contribution < 1.29 is 9.59 Å². The van der Waals surface area contributed by atoms with Gasteiger partial charge in [0.1, 0.15) is 0 Å². The van der Waals surface area contributed by atoms with E-state index in [4.69, 9.17) is 0 Å². The molecule has 0 aliphatic carbocycles. The van der Waals surface area contributed by atoms with Crippen LogP contribution < -0.4 is 10.6 Å². The number of thioether (sulfide) groups is 1. The molecule has 1 aromatic heterocycles. The Bertz CT molecular complexity index is 956. The number of nitrogens with zero attached hydrogens (tertiary/aromatic N) is 2. The molecule has 0 radical (unpaired) electrons. The van der Waals surface area contributed by atoms with E-state index in [0.29, 0.717) is 5.69 Å². The summed E-state index contributed by atoms with van der Waals surface area (Å²) >= 11 is 1.42. The van der Waals surface area contributed by atoms with Crippen molar-refractivity contribution in [1.82, 2.24) is 9.55 Å². The SMILES string of the molecule is O=C(CC1Sc2ccccc2NC1=O)Nc1cccc(-n2ccnc2)c1. The molecule has 0 saturated carbocycles. The maximum Gasteiger partial charge on any atom is 0.238 e. The van der Waals surface area contributed by atoms with Gasteiger partial charge in [0.15, 0.2) is 0 Å². The zero-order chi connectivity index (χ0) is 17.9.